The Morgan fingerprint density at radius 1 is 0.963 bits per heavy atom. The second kappa shape index (κ2) is 6.58. The summed E-state index contributed by atoms with van der Waals surface area (Å²) in [6.45, 7) is 0. The molecule has 0 unspecified atom stereocenters. The molecule has 1 atom stereocenters. The smallest absolute Gasteiger partial charge is 0.161 e. The fraction of sp³-hybridized carbons (Fsp3) is 0.208. The first kappa shape index (κ1) is 16.6. The summed E-state index contributed by atoms with van der Waals surface area (Å²) >= 11 is 1.74. The van der Waals surface area contributed by atoms with E-state index in [1.54, 1.807) is 11.8 Å². The van der Waals surface area contributed by atoms with E-state index >= 15 is 0 Å². The Hall–Kier alpha value is -2.52. The molecule has 0 saturated heterocycles. The number of thioether (sulfide) groups is 1. The van der Waals surface area contributed by atoms with Gasteiger partial charge in [-0.3, -0.25) is 4.79 Å². The number of hydrogen-bond acceptors (Lipinski definition) is 3. The maximum Gasteiger partial charge on any atom is 0.161 e. The lowest BCUT2D eigenvalue weighted by atomic mass is 9.74. The predicted octanol–water partition coefficient (Wildman–Crippen LogP) is 6.13. The quantitative estimate of drug-likeness (QED) is 0.550. The highest BCUT2D eigenvalue weighted by molar-refractivity contribution is 7.98. The molecule has 1 aliphatic heterocycles. The van der Waals surface area contributed by atoms with Crippen LogP contribution in [-0.4, -0.2) is 12.0 Å². The second-order valence-corrected chi connectivity index (χ2v) is 8.13. The Morgan fingerprint density at radius 3 is 2.59 bits per heavy atom. The molecule has 2 nitrogen and oxygen atoms in total. The van der Waals surface area contributed by atoms with Crippen molar-refractivity contribution in [3.63, 3.8) is 0 Å². The van der Waals surface area contributed by atoms with E-state index in [1.165, 1.54) is 26.8 Å². The Kier molecular flexibility index (Phi) is 4.05. The summed E-state index contributed by atoms with van der Waals surface area (Å²) in [7, 11) is 0. The van der Waals surface area contributed by atoms with Gasteiger partial charge in [-0.1, -0.05) is 42.5 Å². The van der Waals surface area contributed by atoms with Gasteiger partial charge in [0.25, 0.3) is 0 Å². The number of fused-ring (bicyclic) bond motifs is 3. The predicted molar refractivity (Wildman–Crippen MR) is 114 cm³/mol. The lowest BCUT2D eigenvalue weighted by molar-refractivity contribution is -0.116. The summed E-state index contributed by atoms with van der Waals surface area (Å²) in [6.07, 6.45) is 4.63. The normalized spacial score (nSPS) is 18.9. The fourth-order valence-corrected chi connectivity index (χ4v) is 4.89. The first-order chi connectivity index (χ1) is 13.3. The number of allylic oxidation sites excluding steroid dienone is 2. The van der Waals surface area contributed by atoms with Crippen molar-refractivity contribution in [1.29, 1.82) is 0 Å². The summed E-state index contributed by atoms with van der Waals surface area (Å²) in [6, 6.07) is 21.6. The van der Waals surface area contributed by atoms with Gasteiger partial charge >= 0.3 is 0 Å². The molecule has 3 aromatic rings. The Bertz CT molecular complexity index is 1080. The summed E-state index contributed by atoms with van der Waals surface area (Å²) in [4.78, 5) is 14.2. The number of ketones is 1. The van der Waals surface area contributed by atoms with Crippen LogP contribution in [0.1, 0.15) is 36.3 Å². The Balaban J connectivity index is 1.79. The molecule has 0 amide bonds. The van der Waals surface area contributed by atoms with Gasteiger partial charge in [0, 0.05) is 34.2 Å². The van der Waals surface area contributed by atoms with Gasteiger partial charge in [0.15, 0.2) is 5.78 Å². The van der Waals surface area contributed by atoms with E-state index in [9.17, 15) is 4.79 Å². The van der Waals surface area contributed by atoms with Gasteiger partial charge < -0.3 is 5.32 Å². The van der Waals surface area contributed by atoms with Crippen LogP contribution in [0.2, 0.25) is 0 Å². The van der Waals surface area contributed by atoms with Crippen molar-refractivity contribution in [1.82, 2.24) is 0 Å². The van der Waals surface area contributed by atoms with Crippen molar-refractivity contribution in [3.8, 4) is 0 Å². The molecule has 1 heterocycles. The maximum atomic E-state index is 13.0. The average Bonchev–Trinajstić information content (AvgIpc) is 2.72. The number of rotatable bonds is 2. The van der Waals surface area contributed by atoms with E-state index in [2.05, 4.69) is 72.2 Å². The first-order valence-corrected chi connectivity index (χ1v) is 10.7. The van der Waals surface area contributed by atoms with Gasteiger partial charge in [0.2, 0.25) is 0 Å². The lowest BCUT2D eigenvalue weighted by Gasteiger charge is -2.35. The van der Waals surface area contributed by atoms with Crippen molar-refractivity contribution in [3.05, 3.63) is 83.1 Å². The topological polar surface area (TPSA) is 29.1 Å². The zero-order valence-electron chi connectivity index (χ0n) is 15.3. The van der Waals surface area contributed by atoms with Crippen LogP contribution in [0.4, 0.5) is 5.69 Å². The molecular weight excluding hydrogens is 350 g/mol. The van der Waals surface area contributed by atoms with Gasteiger partial charge in [-0.25, -0.2) is 0 Å². The highest BCUT2D eigenvalue weighted by atomic mass is 32.2. The van der Waals surface area contributed by atoms with Crippen LogP contribution in [0.25, 0.3) is 10.8 Å². The molecule has 0 fully saturated rings. The first-order valence-electron chi connectivity index (χ1n) is 9.45. The number of nitrogens with one attached hydrogen (secondary N) is 1. The maximum absolute atomic E-state index is 13.0. The van der Waals surface area contributed by atoms with Crippen molar-refractivity contribution >= 4 is 34.0 Å². The van der Waals surface area contributed by atoms with Crippen LogP contribution in [0.3, 0.4) is 0 Å². The molecule has 1 aliphatic carbocycles. The highest BCUT2D eigenvalue weighted by Crippen LogP contribution is 2.48. The minimum atomic E-state index is 0.00561. The zero-order chi connectivity index (χ0) is 18.4. The van der Waals surface area contributed by atoms with Crippen molar-refractivity contribution in [2.75, 3.05) is 11.6 Å². The minimum Gasteiger partial charge on any atom is -0.358 e. The third-order valence-electron chi connectivity index (χ3n) is 5.74. The molecule has 27 heavy (non-hydrogen) atoms. The van der Waals surface area contributed by atoms with Crippen molar-refractivity contribution in [2.45, 2.75) is 30.1 Å². The molecule has 1 N–H and O–H groups in total. The third-order valence-corrected chi connectivity index (χ3v) is 6.48. The van der Waals surface area contributed by atoms with Crippen LogP contribution in [0, 0.1) is 0 Å². The van der Waals surface area contributed by atoms with Crippen LogP contribution in [0.5, 0.6) is 0 Å². The summed E-state index contributed by atoms with van der Waals surface area (Å²) < 4.78 is 0. The van der Waals surface area contributed by atoms with Gasteiger partial charge in [0.1, 0.15) is 0 Å². The lowest BCUT2D eigenvalue weighted by Crippen LogP contribution is -2.27. The van der Waals surface area contributed by atoms with E-state index in [0.717, 1.165) is 29.8 Å². The molecule has 134 valence electrons. The number of benzene rings is 3. The molecule has 5 rings (SSSR count). The molecule has 0 bridgehead atoms. The van der Waals surface area contributed by atoms with Crippen molar-refractivity contribution < 1.29 is 4.79 Å². The molecule has 3 heteroatoms. The van der Waals surface area contributed by atoms with Crippen LogP contribution >= 0.6 is 11.8 Å². The Morgan fingerprint density at radius 2 is 1.78 bits per heavy atom. The second-order valence-electron chi connectivity index (χ2n) is 7.25. The van der Waals surface area contributed by atoms with Crippen LogP contribution in [-0.2, 0) is 4.79 Å². The van der Waals surface area contributed by atoms with Gasteiger partial charge in [0.05, 0.1) is 0 Å². The number of hydrogen-bond donors (Lipinski definition) is 1. The Labute approximate surface area is 163 Å². The van der Waals surface area contributed by atoms with E-state index in [4.69, 9.17) is 0 Å². The number of carbonyl (C=O) groups excluding carboxylic acids is 1. The standard InChI is InChI=1S/C24H21NOS/c1-27-17-12-9-16(10-13-17)22-23-18-6-3-2-5-15(18)11-14-20(23)25-19-7-4-8-21(26)24(19)22/h2-3,5-6,9-14,22,25H,4,7-8H2,1H3/t22-/m1/s1. The van der Waals surface area contributed by atoms with Crippen molar-refractivity contribution in [2.24, 2.45) is 0 Å². The summed E-state index contributed by atoms with van der Waals surface area (Å²) in [5.74, 6) is 0.298. The highest BCUT2D eigenvalue weighted by Gasteiger charge is 2.35. The summed E-state index contributed by atoms with van der Waals surface area (Å²) in [5.41, 5.74) is 5.67. The monoisotopic (exact) mass is 371 g/mol. The van der Waals surface area contributed by atoms with Gasteiger partial charge in [-0.2, -0.15) is 0 Å². The van der Waals surface area contributed by atoms with Gasteiger partial charge in [-0.05, 0) is 59.2 Å². The van der Waals surface area contributed by atoms with Gasteiger partial charge in [-0.15, -0.1) is 11.8 Å². The molecule has 0 spiro atoms. The van der Waals surface area contributed by atoms with E-state index in [1.807, 2.05) is 0 Å². The molecule has 0 saturated carbocycles. The number of anilines is 1. The summed E-state index contributed by atoms with van der Waals surface area (Å²) in [5, 5.41) is 6.05. The number of Topliss-reactive ketones (excluding diaryl/α,β-unsaturated/α-hetero) is 1. The SMILES string of the molecule is CSc1ccc([C@H]2C3=C(CCCC3=O)Nc3ccc4ccccc4c32)cc1. The largest absolute Gasteiger partial charge is 0.358 e. The number of carbonyl (C=O) groups is 1. The van der Waals surface area contributed by atoms with E-state index < -0.39 is 0 Å². The third kappa shape index (κ3) is 2.69. The molecule has 2 aliphatic rings. The van der Waals surface area contributed by atoms with E-state index in [0.29, 0.717) is 12.2 Å². The van der Waals surface area contributed by atoms with Crippen LogP contribution < -0.4 is 5.32 Å². The molecule has 3 aromatic carbocycles. The van der Waals surface area contributed by atoms with Crippen LogP contribution in [0.15, 0.2) is 76.8 Å². The zero-order valence-corrected chi connectivity index (χ0v) is 16.1. The minimum absolute atomic E-state index is 0.00561. The van der Waals surface area contributed by atoms with E-state index in [-0.39, 0.29) is 5.92 Å². The molecular formula is C24H21NOS. The molecule has 0 radical (unpaired) electrons. The average molecular weight is 372 g/mol. The fourth-order valence-electron chi connectivity index (χ4n) is 4.48. The molecule has 0 aromatic heterocycles.